The quantitative estimate of drug-likeness (QED) is 0.766. The van der Waals surface area contributed by atoms with Gasteiger partial charge in [-0.3, -0.25) is 4.79 Å². The second-order valence-corrected chi connectivity index (χ2v) is 6.91. The summed E-state index contributed by atoms with van der Waals surface area (Å²) in [5.41, 5.74) is 1.22. The molecule has 1 aromatic heterocycles. The molecular weight excluding hydrogens is 334 g/mol. The lowest BCUT2D eigenvalue weighted by Crippen LogP contribution is -2.26. The molecule has 2 rings (SSSR count). The number of rotatable bonds is 5. The molecule has 106 valence electrons. The standard InChI is InChI=1S/C16H18BrNOS/c1-12(13-6-4-3-5-7-13)8-16(19)18(2)10-15-9-14(17)11-20-15/h3-7,9,11-12H,8,10H2,1-2H3/t12-/m0/s1. The summed E-state index contributed by atoms with van der Waals surface area (Å²) in [7, 11) is 1.87. The minimum Gasteiger partial charge on any atom is -0.341 e. The van der Waals surface area contributed by atoms with Crippen LogP contribution in [0.1, 0.15) is 29.7 Å². The number of amides is 1. The van der Waals surface area contributed by atoms with Crippen molar-refractivity contribution in [3.63, 3.8) is 0 Å². The molecule has 1 heterocycles. The molecule has 4 heteroatoms. The Kier molecular flexibility index (Phi) is 5.38. The Hall–Kier alpha value is -1.13. The zero-order valence-corrected chi connectivity index (χ0v) is 14.1. The Morgan fingerprint density at radius 3 is 2.65 bits per heavy atom. The van der Waals surface area contributed by atoms with Crippen molar-refractivity contribution in [1.29, 1.82) is 0 Å². The Balaban J connectivity index is 1.91. The van der Waals surface area contributed by atoms with Crippen LogP contribution < -0.4 is 0 Å². The first-order valence-corrected chi connectivity index (χ1v) is 8.25. The molecule has 2 aromatic rings. The zero-order valence-electron chi connectivity index (χ0n) is 11.7. The van der Waals surface area contributed by atoms with Gasteiger partial charge in [0.25, 0.3) is 0 Å². The summed E-state index contributed by atoms with van der Waals surface area (Å²) < 4.78 is 1.08. The van der Waals surface area contributed by atoms with Gasteiger partial charge < -0.3 is 4.90 Å². The van der Waals surface area contributed by atoms with Crippen LogP contribution in [0, 0.1) is 0 Å². The third-order valence-electron chi connectivity index (χ3n) is 3.29. The van der Waals surface area contributed by atoms with E-state index >= 15 is 0 Å². The largest absolute Gasteiger partial charge is 0.341 e. The molecule has 1 aromatic carbocycles. The molecule has 0 fully saturated rings. The second-order valence-electron chi connectivity index (χ2n) is 5.00. The van der Waals surface area contributed by atoms with Gasteiger partial charge in [-0.2, -0.15) is 0 Å². The van der Waals surface area contributed by atoms with Crippen LogP contribution in [0.4, 0.5) is 0 Å². The Morgan fingerprint density at radius 2 is 2.05 bits per heavy atom. The molecule has 2 nitrogen and oxygen atoms in total. The highest BCUT2D eigenvalue weighted by Crippen LogP contribution is 2.23. The van der Waals surface area contributed by atoms with E-state index in [1.54, 1.807) is 16.2 Å². The number of carbonyl (C=O) groups excluding carboxylic acids is 1. The summed E-state index contributed by atoms with van der Waals surface area (Å²) >= 11 is 5.11. The fourth-order valence-electron chi connectivity index (χ4n) is 2.08. The van der Waals surface area contributed by atoms with E-state index in [1.165, 1.54) is 10.4 Å². The van der Waals surface area contributed by atoms with Crippen molar-refractivity contribution in [2.45, 2.75) is 25.8 Å². The molecule has 0 bridgehead atoms. The highest BCUT2D eigenvalue weighted by molar-refractivity contribution is 9.10. The summed E-state index contributed by atoms with van der Waals surface area (Å²) in [5, 5.41) is 2.04. The fourth-order valence-corrected chi connectivity index (χ4v) is 3.58. The number of hydrogen-bond donors (Lipinski definition) is 0. The molecule has 1 amide bonds. The maximum absolute atomic E-state index is 12.3. The van der Waals surface area contributed by atoms with Gasteiger partial charge >= 0.3 is 0 Å². The van der Waals surface area contributed by atoms with Crippen molar-refractivity contribution in [3.8, 4) is 0 Å². The number of carbonyl (C=O) groups is 1. The van der Waals surface area contributed by atoms with Crippen LogP contribution in [0.3, 0.4) is 0 Å². The van der Waals surface area contributed by atoms with Gasteiger partial charge in [0, 0.05) is 28.2 Å². The molecule has 0 saturated heterocycles. The first-order chi connectivity index (χ1) is 9.56. The van der Waals surface area contributed by atoms with Gasteiger partial charge in [-0.15, -0.1) is 11.3 Å². The first-order valence-electron chi connectivity index (χ1n) is 6.58. The summed E-state index contributed by atoms with van der Waals surface area (Å²) in [6.07, 6.45) is 0.549. The summed E-state index contributed by atoms with van der Waals surface area (Å²) in [6, 6.07) is 12.3. The molecule has 0 aliphatic carbocycles. The van der Waals surface area contributed by atoms with E-state index in [-0.39, 0.29) is 11.8 Å². The highest BCUT2D eigenvalue weighted by Gasteiger charge is 2.15. The van der Waals surface area contributed by atoms with E-state index in [9.17, 15) is 4.79 Å². The molecular formula is C16H18BrNOS. The van der Waals surface area contributed by atoms with Crippen LogP contribution in [0.2, 0.25) is 0 Å². The molecule has 1 atom stereocenters. The Labute approximate surface area is 132 Å². The van der Waals surface area contributed by atoms with Crippen LogP contribution in [-0.4, -0.2) is 17.9 Å². The molecule has 0 saturated carbocycles. The molecule has 0 spiro atoms. The van der Waals surface area contributed by atoms with Crippen molar-refractivity contribution in [1.82, 2.24) is 4.90 Å². The lowest BCUT2D eigenvalue weighted by Gasteiger charge is -2.19. The van der Waals surface area contributed by atoms with E-state index in [0.717, 1.165) is 4.47 Å². The predicted molar refractivity (Wildman–Crippen MR) is 88.0 cm³/mol. The number of thiophene rings is 1. The van der Waals surface area contributed by atoms with Crippen molar-refractivity contribution >= 4 is 33.2 Å². The van der Waals surface area contributed by atoms with E-state index < -0.39 is 0 Å². The number of nitrogens with zero attached hydrogens (tertiary/aromatic N) is 1. The van der Waals surface area contributed by atoms with Crippen LogP contribution >= 0.6 is 27.3 Å². The molecule has 0 radical (unpaired) electrons. The van der Waals surface area contributed by atoms with Gasteiger partial charge in [0.1, 0.15) is 0 Å². The van der Waals surface area contributed by atoms with Crippen molar-refractivity contribution in [3.05, 3.63) is 56.7 Å². The topological polar surface area (TPSA) is 20.3 Å². The van der Waals surface area contributed by atoms with Crippen molar-refractivity contribution < 1.29 is 4.79 Å². The number of hydrogen-bond acceptors (Lipinski definition) is 2. The Bertz CT molecular complexity index is 567. The number of halogens is 1. The monoisotopic (exact) mass is 351 g/mol. The second kappa shape index (κ2) is 7.04. The zero-order chi connectivity index (χ0) is 14.5. The van der Waals surface area contributed by atoms with Crippen LogP contribution in [0.15, 0.2) is 46.3 Å². The molecule has 0 unspecified atom stereocenters. The van der Waals surface area contributed by atoms with Crippen LogP contribution in [0.25, 0.3) is 0 Å². The average Bonchev–Trinajstić information content (AvgIpc) is 2.85. The molecule has 0 N–H and O–H groups in total. The lowest BCUT2D eigenvalue weighted by atomic mass is 9.97. The van der Waals surface area contributed by atoms with Gasteiger partial charge in [0.05, 0.1) is 6.54 Å². The minimum atomic E-state index is 0.186. The third kappa shape index (κ3) is 4.18. The van der Waals surface area contributed by atoms with Gasteiger partial charge in [-0.25, -0.2) is 0 Å². The van der Waals surface area contributed by atoms with Crippen LogP contribution in [0.5, 0.6) is 0 Å². The predicted octanol–water partition coefficient (Wildman–Crippen LogP) is 4.66. The average molecular weight is 352 g/mol. The van der Waals surface area contributed by atoms with Crippen LogP contribution in [-0.2, 0) is 11.3 Å². The van der Waals surface area contributed by atoms with Gasteiger partial charge in [0.15, 0.2) is 0 Å². The summed E-state index contributed by atoms with van der Waals surface area (Å²) in [6.45, 7) is 2.78. The number of benzene rings is 1. The van der Waals surface area contributed by atoms with E-state index in [2.05, 4.69) is 41.1 Å². The Morgan fingerprint density at radius 1 is 1.35 bits per heavy atom. The maximum Gasteiger partial charge on any atom is 0.223 e. The molecule has 0 aliphatic heterocycles. The fraction of sp³-hybridized carbons (Fsp3) is 0.312. The smallest absolute Gasteiger partial charge is 0.223 e. The summed E-state index contributed by atoms with van der Waals surface area (Å²) in [4.78, 5) is 15.3. The van der Waals surface area contributed by atoms with E-state index in [1.807, 2.05) is 30.6 Å². The van der Waals surface area contributed by atoms with Crippen molar-refractivity contribution in [2.75, 3.05) is 7.05 Å². The van der Waals surface area contributed by atoms with E-state index in [0.29, 0.717) is 13.0 Å². The van der Waals surface area contributed by atoms with E-state index in [4.69, 9.17) is 0 Å². The molecule has 20 heavy (non-hydrogen) atoms. The van der Waals surface area contributed by atoms with Gasteiger partial charge in [-0.1, -0.05) is 37.3 Å². The highest BCUT2D eigenvalue weighted by atomic mass is 79.9. The van der Waals surface area contributed by atoms with Crippen molar-refractivity contribution in [2.24, 2.45) is 0 Å². The molecule has 0 aliphatic rings. The first kappa shape index (κ1) is 15.3. The minimum absolute atomic E-state index is 0.186. The lowest BCUT2D eigenvalue weighted by molar-refractivity contribution is -0.130. The third-order valence-corrected chi connectivity index (χ3v) is 4.97. The van der Waals surface area contributed by atoms with Gasteiger partial charge in [0.2, 0.25) is 5.91 Å². The summed E-state index contributed by atoms with van der Waals surface area (Å²) in [5.74, 6) is 0.437. The van der Waals surface area contributed by atoms with Gasteiger partial charge in [-0.05, 0) is 33.5 Å². The maximum atomic E-state index is 12.3. The SMILES string of the molecule is C[C@@H](CC(=O)N(C)Cc1cc(Br)cs1)c1ccccc1. The normalized spacial score (nSPS) is 12.2.